The van der Waals surface area contributed by atoms with Crippen LogP contribution in [-0.4, -0.2) is 60.9 Å². The summed E-state index contributed by atoms with van der Waals surface area (Å²) in [7, 11) is 0. The number of amides is 2. The summed E-state index contributed by atoms with van der Waals surface area (Å²) in [5.41, 5.74) is 3.35. The molecule has 0 bridgehead atoms. The molecule has 0 aromatic heterocycles. The number of anilines is 1. The first-order chi connectivity index (χ1) is 14.5. The van der Waals surface area contributed by atoms with Gasteiger partial charge in [-0.05, 0) is 37.1 Å². The molecule has 1 heterocycles. The number of hydrogen-bond acceptors (Lipinski definition) is 5. The largest absolute Gasteiger partial charge is 0.482 e. The smallest absolute Gasteiger partial charge is 0.260 e. The summed E-state index contributed by atoms with van der Waals surface area (Å²) in [6.45, 7) is 6.47. The number of nitrogens with zero attached hydrogens (tertiary/aromatic N) is 3. The van der Waals surface area contributed by atoms with E-state index in [0.29, 0.717) is 44.0 Å². The lowest BCUT2D eigenvalue weighted by Crippen LogP contribution is -2.51. The van der Waals surface area contributed by atoms with E-state index in [1.165, 1.54) is 0 Å². The normalized spacial score (nSPS) is 14.1. The average molecular weight is 406 g/mol. The third kappa shape index (κ3) is 5.37. The van der Waals surface area contributed by atoms with E-state index in [9.17, 15) is 9.59 Å². The highest BCUT2D eigenvalue weighted by Crippen LogP contribution is 2.19. The summed E-state index contributed by atoms with van der Waals surface area (Å²) in [6.07, 6.45) is 0. The summed E-state index contributed by atoms with van der Waals surface area (Å²) >= 11 is 0. The molecule has 1 N–H and O–H groups in total. The van der Waals surface area contributed by atoms with Crippen LogP contribution in [0.2, 0.25) is 0 Å². The van der Waals surface area contributed by atoms with Crippen molar-refractivity contribution in [3.05, 3.63) is 59.2 Å². The van der Waals surface area contributed by atoms with Gasteiger partial charge in [0.15, 0.2) is 6.61 Å². The van der Waals surface area contributed by atoms with Gasteiger partial charge in [-0.15, -0.1) is 0 Å². The predicted molar refractivity (Wildman–Crippen MR) is 114 cm³/mol. The summed E-state index contributed by atoms with van der Waals surface area (Å²) in [4.78, 5) is 28.6. The molecule has 2 aromatic carbocycles. The van der Waals surface area contributed by atoms with E-state index in [1.807, 2.05) is 36.9 Å². The molecule has 156 valence electrons. The highest BCUT2D eigenvalue weighted by atomic mass is 16.5. The fraction of sp³-hybridized carbons (Fsp3) is 0.348. The fourth-order valence-electron chi connectivity index (χ4n) is 3.46. The Morgan fingerprint density at radius 3 is 2.37 bits per heavy atom. The van der Waals surface area contributed by atoms with E-state index in [4.69, 9.17) is 10.00 Å². The molecule has 1 saturated heterocycles. The van der Waals surface area contributed by atoms with Crippen molar-refractivity contribution >= 4 is 17.5 Å². The van der Waals surface area contributed by atoms with Crippen LogP contribution in [0, 0.1) is 25.2 Å². The number of ether oxygens (including phenoxy) is 1. The van der Waals surface area contributed by atoms with Crippen LogP contribution in [-0.2, 0) is 9.59 Å². The molecule has 0 spiro atoms. The Labute approximate surface area is 176 Å². The molecule has 0 saturated carbocycles. The van der Waals surface area contributed by atoms with Crippen LogP contribution >= 0.6 is 0 Å². The first-order valence-electron chi connectivity index (χ1n) is 9.96. The van der Waals surface area contributed by atoms with Gasteiger partial charge in [-0.3, -0.25) is 14.5 Å². The van der Waals surface area contributed by atoms with Gasteiger partial charge in [0.25, 0.3) is 5.91 Å². The van der Waals surface area contributed by atoms with Crippen molar-refractivity contribution in [2.45, 2.75) is 13.8 Å². The van der Waals surface area contributed by atoms with Gasteiger partial charge in [-0.1, -0.05) is 30.3 Å². The van der Waals surface area contributed by atoms with Crippen LogP contribution in [0.3, 0.4) is 0 Å². The minimum Gasteiger partial charge on any atom is -0.482 e. The van der Waals surface area contributed by atoms with Gasteiger partial charge in [0.2, 0.25) is 5.91 Å². The molecule has 1 aliphatic rings. The molecule has 2 amide bonds. The maximum atomic E-state index is 12.4. The van der Waals surface area contributed by atoms with Gasteiger partial charge < -0.3 is 15.0 Å². The minimum absolute atomic E-state index is 0.0522. The van der Waals surface area contributed by atoms with E-state index in [0.717, 1.165) is 16.8 Å². The number of aryl methyl sites for hydroxylation is 2. The SMILES string of the molecule is Cc1cccc(C)c1NC(=O)CN1CCN(C(=O)COc2ccccc2C#N)CC1. The zero-order valence-corrected chi connectivity index (χ0v) is 17.4. The number of hydrogen-bond donors (Lipinski definition) is 1. The summed E-state index contributed by atoms with van der Waals surface area (Å²) in [5.74, 6) is 0.237. The van der Waals surface area contributed by atoms with Crippen LogP contribution in [0.5, 0.6) is 5.75 Å². The van der Waals surface area contributed by atoms with Crippen molar-refractivity contribution in [3.63, 3.8) is 0 Å². The molecule has 30 heavy (non-hydrogen) atoms. The quantitative estimate of drug-likeness (QED) is 0.796. The van der Waals surface area contributed by atoms with Crippen molar-refractivity contribution in [3.8, 4) is 11.8 Å². The number of nitrogens with one attached hydrogen (secondary N) is 1. The summed E-state index contributed by atoms with van der Waals surface area (Å²) < 4.78 is 5.53. The molecule has 1 aliphatic heterocycles. The van der Waals surface area contributed by atoms with Crippen molar-refractivity contribution in [2.75, 3.05) is 44.6 Å². The van der Waals surface area contributed by atoms with Crippen molar-refractivity contribution < 1.29 is 14.3 Å². The van der Waals surface area contributed by atoms with Gasteiger partial charge in [0.05, 0.1) is 12.1 Å². The molecule has 0 aliphatic carbocycles. The van der Waals surface area contributed by atoms with Crippen molar-refractivity contribution in [2.24, 2.45) is 0 Å². The maximum Gasteiger partial charge on any atom is 0.260 e. The van der Waals surface area contributed by atoms with Gasteiger partial charge in [0.1, 0.15) is 11.8 Å². The molecule has 0 atom stereocenters. The lowest BCUT2D eigenvalue weighted by Gasteiger charge is -2.34. The van der Waals surface area contributed by atoms with Gasteiger partial charge in [-0.25, -0.2) is 0 Å². The lowest BCUT2D eigenvalue weighted by atomic mass is 10.1. The first-order valence-corrected chi connectivity index (χ1v) is 9.96. The number of para-hydroxylation sites is 2. The standard InChI is InChI=1S/C23H26N4O3/c1-17-6-5-7-18(2)23(17)25-21(28)15-26-10-12-27(13-11-26)22(29)16-30-20-9-4-3-8-19(20)14-24/h3-9H,10-13,15-16H2,1-2H3,(H,25,28). The fourth-order valence-corrected chi connectivity index (χ4v) is 3.46. The number of piperazine rings is 1. The maximum absolute atomic E-state index is 12.4. The van der Waals surface area contributed by atoms with Crippen LogP contribution in [0.15, 0.2) is 42.5 Å². The molecular weight excluding hydrogens is 380 g/mol. The van der Waals surface area contributed by atoms with E-state index in [2.05, 4.69) is 11.4 Å². The molecule has 7 nitrogen and oxygen atoms in total. The summed E-state index contributed by atoms with van der Waals surface area (Å²) in [5, 5.41) is 12.1. The third-order valence-corrected chi connectivity index (χ3v) is 5.20. The average Bonchev–Trinajstić information content (AvgIpc) is 2.75. The summed E-state index contributed by atoms with van der Waals surface area (Å²) in [6, 6.07) is 14.8. The zero-order valence-electron chi connectivity index (χ0n) is 17.4. The van der Waals surface area contributed by atoms with Crippen molar-refractivity contribution in [1.29, 1.82) is 5.26 Å². The van der Waals surface area contributed by atoms with Crippen LogP contribution < -0.4 is 10.1 Å². The molecule has 2 aromatic rings. The number of rotatable bonds is 6. The first kappa shape index (κ1) is 21.3. The molecule has 3 rings (SSSR count). The number of benzene rings is 2. The Bertz CT molecular complexity index is 939. The number of carbonyl (C=O) groups excluding carboxylic acids is 2. The Hall–Kier alpha value is -3.37. The van der Waals surface area contributed by atoms with E-state index < -0.39 is 0 Å². The Balaban J connectivity index is 1.44. The van der Waals surface area contributed by atoms with Crippen LogP contribution in [0.4, 0.5) is 5.69 Å². The zero-order chi connectivity index (χ0) is 21.5. The van der Waals surface area contributed by atoms with Crippen LogP contribution in [0.1, 0.15) is 16.7 Å². The van der Waals surface area contributed by atoms with E-state index >= 15 is 0 Å². The molecule has 0 radical (unpaired) electrons. The number of carbonyl (C=O) groups is 2. The highest BCUT2D eigenvalue weighted by molar-refractivity contribution is 5.93. The molecular formula is C23H26N4O3. The second-order valence-corrected chi connectivity index (χ2v) is 7.37. The van der Waals surface area contributed by atoms with E-state index in [-0.39, 0.29) is 18.4 Å². The topological polar surface area (TPSA) is 85.7 Å². The third-order valence-electron chi connectivity index (χ3n) is 5.20. The molecule has 7 heteroatoms. The van der Waals surface area contributed by atoms with E-state index in [1.54, 1.807) is 29.2 Å². The Morgan fingerprint density at radius 2 is 1.70 bits per heavy atom. The Kier molecular flexibility index (Phi) is 7.04. The minimum atomic E-state index is -0.123. The molecule has 0 unspecified atom stereocenters. The van der Waals surface area contributed by atoms with Gasteiger partial charge in [0, 0.05) is 31.9 Å². The second-order valence-electron chi connectivity index (χ2n) is 7.37. The number of nitriles is 1. The Morgan fingerprint density at radius 1 is 1.03 bits per heavy atom. The lowest BCUT2D eigenvalue weighted by molar-refractivity contribution is -0.135. The van der Waals surface area contributed by atoms with Gasteiger partial charge in [-0.2, -0.15) is 5.26 Å². The van der Waals surface area contributed by atoms with Crippen LogP contribution in [0.25, 0.3) is 0 Å². The monoisotopic (exact) mass is 406 g/mol. The second kappa shape index (κ2) is 9.90. The van der Waals surface area contributed by atoms with Crippen molar-refractivity contribution in [1.82, 2.24) is 9.80 Å². The van der Waals surface area contributed by atoms with Gasteiger partial charge >= 0.3 is 0 Å². The highest BCUT2D eigenvalue weighted by Gasteiger charge is 2.23. The molecule has 1 fully saturated rings. The predicted octanol–water partition coefficient (Wildman–Crippen LogP) is 2.34.